The highest BCUT2D eigenvalue weighted by Gasteiger charge is 2.07. The molecule has 0 bridgehead atoms. The van der Waals surface area contributed by atoms with Gasteiger partial charge < -0.3 is 9.72 Å². The number of ether oxygens (including phenoxy) is 1. The monoisotopic (exact) mass is 345 g/mol. The van der Waals surface area contributed by atoms with Crippen LogP contribution in [0.1, 0.15) is 44.0 Å². The first-order valence-corrected chi connectivity index (χ1v) is 9.10. The van der Waals surface area contributed by atoms with Crippen LogP contribution in [-0.4, -0.2) is 16.6 Å². The molecule has 0 fully saturated rings. The van der Waals surface area contributed by atoms with E-state index in [9.17, 15) is 5.26 Å². The van der Waals surface area contributed by atoms with E-state index in [-0.39, 0.29) is 0 Å². The first kappa shape index (κ1) is 17.8. The van der Waals surface area contributed by atoms with E-state index in [2.05, 4.69) is 23.0 Å². The largest absolute Gasteiger partial charge is 0.494 e. The van der Waals surface area contributed by atoms with Gasteiger partial charge in [0.25, 0.3) is 0 Å². The molecule has 0 aliphatic carbocycles. The summed E-state index contributed by atoms with van der Waals surface area (Å²) in [4.78, 5) is 7.69. The summed E-state index contributed by atoms with van der Waals surface area (Å²) in [5.74, 6) is 1.45. The van der Waals surface area contributed by atoms with Gasteiger partial charge in [0, 0.05) is 0 Å². The number of nitrogens with zero attached hydrogens (tertiary/aromatic N) is 2. The van der Waals surface area contributed by atoms with E-state index < -0.39 is 0 Å². The molecule has 132 valence electrons. The number of fused-ring (bicyclic) bond motifs is 1. The van der Waals surface area contributed by atoms with Gasteiger partial charge in [-0.15, -0.1) is 0 Å². The molecule has 0 spiro atoms. The Morgan fingerprint density at radius 3 is 2.65 bits per heavy atom. The molecule has 0 saturated carbocycles. The quantitative estimate of drug-likeness (QED) is 0.428. The predicted octanol–water partition coefficient (Wildman–Crippen LogP) is 5.59. The minimum absolute atomic E-state index is 0.509. The molecule has 4 nitrogen and oxygen atoms in total. The van der Waals surface area contributed by atoms with Crippen LogP contribution in [-0.2, 0) is 0 Å². The number of unbranched alkanes of at least 4 members (excludes halogenated alkanes) is 3. The first-order chi connectivity index (χ1) is 12.8. The lowest BCUT2D eigenvalue weighted by atomic mass is 10.1. The summed E-state index contributed by atoms with van der Waals surface area (Å²) in [5, 5.41) is 9.50. The van der Waals surface area contributed by atoms with Crippen molar-refractivity contribution >= 4 is 22.7 Å². The van der Waals surface area contributed by atoms with Crippen molar-refractivity contribution < 1.29 is 4.74 Å². The third-order valence-corrected chi connectivity index (χ3v) is 4.22. The number of rotatable bonds is 8. The maximum atomic E-state index is 9.50. The molecule has 4 heteroatoms. The summed E-state index contributed by atoms with van der Waals surface area (Å²) in [6.45, 7) is 2.95. The maximum Gasteiger partial charge on any atom is 0.149 e. The van der Waals surface area contributed by atoms with E-state index in [1.165, 1.54) is 19.3 Å². The van der Waals surface area contributed by atoms with E-state index >= 15 is 0 Å². The fourth-order valence-electron chi connectivity index (χ4n) is 2.78. The van der Waals surface area contributed by atoms with Crippen LogP contribution in [0, 0.1) is 11.3 Å². The lowest BCUT2D eigenvalue weighted by Crippen LogP contribution is -1.97. The molecule has 0 unspecified atom stereocenters. The molecule has 3 aromatic rings. The molecule has 1 heterocycles. The van der Waals surface area contributed by atoms with Gasteiger partial charge in [-0.05, 0) is 42.3 Å². The second-order valence-electron chi connectivity index (χ2n) is 6.25. The molecule has 0 radical (unpaired) electrons. The molecular weight excluding hydrogens is 322 g/mol. The van der Waals surface area contributed by atoms with Crippen molar-refractivity contribution in [3.05, 3.63) is 59.9 Å². The summed E-state index contributed by atoms with van der Waals surface area (Å²) in [6, 6.07) is 17.8. The van der Waals surface area contributed by atoms with Crippen molar-refractivity contribution in [3.8, 4) is 11.8 Å². The van der Waals surface area contributed by atoms with Crippen molar-refractivity contribution in [1.82, 2.24) is 9.97 Å². The lowest BCUT2D eigenvalue weighted by Gasteiger charge is -2.06. The van der Waals surface area contributed by atoms with Crippen molar-refractivity contribution in [2.75, 3.05) is 6.61 Å². The Kier molecular flexibility index (Phi) is 6.05. The number of para-hydroxylation sites is 2. The van der Waals surface area contributed by atoms with Crippen LogP contribution in [0.4, 0.5) is 0 Å². The van der Waals surface area contributed by atoms with Crippen LogP contribution in [0.3, 0.4) is 0 Å². The van der Waals surface area contributed by atoms with Crippen molar-refractivity contribution in [3.63, 3.8) is 0 Å². The fraction of sp³-hybridized carbons (Fsp3) is 0.273. The fourth-order valence-corrected chi connectivity index (χ4v) is 2.78. The summed E-state index contributed by atoms with van der Waals surface area (Å²) in [5.41, 5.74) is 3.24. The smallest absolute Gasteiger partial charge is 0.149 e. The number of aromatic nitrogens is 2. The molecule has 26 heavy (non-hydrogen) atoms. The number of hydrogen-bond acceptors (Lipinski definition) is 3. The van der Waals surface area contributed by atoms with Crippen LogP contribution in [0.5, 0.6) is 5.75 Å². The molecular formula is C22H23N3O. The second-order valence-corrected chi connectivity index (χ2v) is 6.25. The standard InChI is InChI=1S/C22H23N3O/c1-2-3-4-7-14-26-19-12-10-17(11-13-19)15-18(16-23)22-24-20-8-5-6-9-21(20)25-22/h5-6,8-13,15H,2-4,7,14H2,1H3,(H,24,25). The average molecular weight is 345 g/mol. The molecule has 3 rings (SSSR count). The van der Waals surface area contributed by atoms with E-state index in [1.807, 2.05) is 54.6 Å². The van der Waals surface area contributed by atoms with Gasteiger partial charge in [0.05, 0.1) is 23.2 Å². The van der Waals surface area contributed by atoms with E-state index in [1.54, 1.807) is 0 Å². The number of benzene rings is 2. The van der Waals surface area contributed by atoms with Crippen molar-refractivity contribution in [1.29, 1.82) is 5.26 Å². The Hall–Kier alpha value is -3.06. The highest BCUT2D eigenvalue weighted by Crippen LogP contribution is 2.20. The number of aromatic amines is 1. The minimum atomic E-state index is 0.509. The Morgan fingerprint density at radius 1 is 1.12 bits per heavy atom. The third kappa shape index (κ3) is 4.52. The number of imidazole rings is 1. The van der Waals surface area contributed by atoms with E-state index in [0.29, 0.717) is 11.4 Å². The topological polar surface area (TPSA) is 61.7 Å². The molecule has 0 aliphatic heterocycles. The molecule has 0 aliphatic rings. The van der Waals surface area contributed by atoms with E-state index in [4.69, 9.17) is 4.74 Å². The molecule has 0 amide bonds. The normalized spacial score (nSPS) is 11.5. The Balaban J connectivity index is 1.68. The highest BCUT2D eigenvalue weighted by molar-refractivity contribution is 5.90. The zero-order valence-electron chi connectivity index (χ0n) is 15.0. The molecule has 0 atom stereocenters. The van der Waals surface area contributed by atoms with Crippen molar-refractivity contribution in [2.24, 2.45) is 0 Å². The van der Waals surface area contributed by atoms with Crippen LogP contribution < -0.4 is 4.74 Å². The Labute approximate surface area is 154 Å². The number of hydrogen-bond donors (Lipinski definition) is 1. The molecule has 0 saturated heterocycles. The molecule has 2 aromatic carbocycles. The van der Waals surface area contributed by atoms with Gasteiger partial charge in [0.1, 0.15) is 17.6 Å². The Bertz CT molecular complexity index is 883. The van der Waals surface area contributed by atoms with Gasteiger partial charge >= 0.3 is 0 Å². The van der Waals surface area contributed by atoms with Gasteiger partial charge in [-0.3, -0.25) is 0 Å². The zero-order valence-corrected chi connectivity index (χ0v) is 15.0. The van der Waals surface area contributed by atoms with Gasteiger partial charge in [-0.1, -0.05) is 50.5 Å². The van der Waals surface area contributed by atoms with Crippen LogP contribution in [0.15, 0.2) is 48.5 Å². The van der Waals surface area contributed by atoms with E-state index in [0.717, 1.165) is 35.4 Å². The highest BCUT2D eigenvalue weighted by atomic mass is 16.5. The molecule has 1 aromatic heterocycles. The summed E-state index contributed by atoms with van der Waals surface area (Å²) < 4.78 is 5.76. The SMILES string of the molecule is CCCCCCOc1ccc(C=C(C#N)c2nc3ccccc3[nH]2)cc1. The third-order valence-electron chi connectivity index (χ3n) is 4.22. The number of nitrogens with one attached hydrogen (secondary N) is 1. The van der Waals surface area contributed by atoms with Gasteiger partial charge in [-0.25, -0.2) is 4.98 Å². The predicted molar refractivity (Wildman–Crippen MR) is 106 cm³/mol. The van der Waals surface area contributed by atoms with Crippen molar-refractivity contribution in [2.45, 2.75) is 32.6 Å². The summed E-state index contributed by atoms with van der Waals surface area (Å²) >= 11 is 0. The number of allylic oxidation sites excluding steroid dienone is 1. The molecule has 1 N–H and O–H groups in total. The van der Waals surface area contributed by atoms with Crippen LogP contribution in [0.2, 0.25) is 0 Å². The van der Waals surface area contributed by atoms with Crippen LogP contribution >= 0.6 is 0 Å². The van der Waals surface area contributed by atoms with Gasteiger partial charge in [0.15, 0.2) is 0 Å². The second kappa shape index (κ2) is 8.87. The Morgan fingerprint density at radius 2 is 1.92 bits per heavy atom. The maximum absolute atomic E-state index is 9.50. The first-order valence-electron chi connectivity index (χ1n) is 9.10. The minimum Gasteiger partial charge on any atom is -0.494 e. The summed E-state index contributed by atoms with van der Waals surface area (Å²) in [6.07, 6.45) is 6.61. The summed E-state index contributed by atoms with van der Waals surface area (Å²) in [7, 11) is 0. The zero-order chi connectivity index (χ0) is 18.2. The van der Waals surface area contributed by atoms with Gasteiger partial charge in [-0.2, -0.15) is 5.26 Å². The van der Waals surface area contributed by atoms with Crippen LogP contribution in [0.25, 0.3) is 22.7 Å². The number of nitriles is 1. The lowest BCUT2D eigenvalue weighted by molar-refractivity contribution is 0.305. The van der Waals surface area contributed by atoms with Gasteiger partial charge in [0.2, 0.25) is 0 Å². The number of H-pyrrole nitrogens is 1. The average Bonchev–Trinajstić information content (AvgIpc) is 3.11.